The van der Waals surface area contributed by atoms with E-state index in [1.54, 1.807) is 19.3 Å². The summed E-state index contributed by atoms with van der Waals surface area (Å²) >= 11 is 0. The lowest BCUT2D eigenvalue weighted by Crippen LogP contribution is -2.32. The lowest BCUT2D eigenvalue weighted by atomic mass is 10.2. The van der Waals surface area contributed by atoms with E-state index in [9.17, 15) is 4.79 Å². The molecule has 5 nitrogen and oxygen atoms in total. The number of hydrogen-bond acceptors (Lipinski definition) is 3. The third-order valence-electron chi connectivity index (χ3n) is 2.10. The first-order chi connectivity index (χ1) is 7.16. The summed E-state index contributed by atoms with van der Waals surface area (Å²) in [5.41, 5.74) is 7.92. The second kappa shape index (κ2) is 3.70. The minimum Gasteiger partial charge on any atom is -0.345 e. The maximum atomic E-state index is 11.3. The van der Waals surface area contributed by atoms with Crippen molar-refractivity contribution in [2.75, 3.05) is 5.32 Å². The van der Waals surface area contributed by atoms with Crippen LogP contribution in [0.3, 0.4) is 0 Å². The molecule has 1 unspecified atom stereocenters. The standard InChI is InChI=1S/C10H12N4O/c1-6(11)10(15)14-7-2-3-8-9(4-7)13-5-12-8/h2-6H,11H2,1H3,(H,12,13)(H,14,15). The van der Waals surface area contributed by atoms with E-state index >= 15 is 0 Å². The number of carbonyl (C=O) groups is 1. The summed E-state index contributed by atoms with van der Waals surface area (Å²) in [7, 11) is 0. The molecule has 0 spiro atoms. The number of aromatic amines is 1. The van der Waals surface area contributed by atoms with E-state index in [1.165, 1.54) is 0 Å². The maximum Gasteiger partial charge on any atom is 0.240 e. The molecule has 5 heteroatoms. The van der Waals surface area contributed by atoms with E-state index in [0.29, 0.717) is 5.69 Å². The van der Waals surface area contributed by atoms with Crippen LogP contribution in [-0.2, 0) is 4.79 Å². The molecule has 15 heavy (non-hydrogen) atoms. The Morgan fingerprint density at radius 3 is 3.13 bits per heavy atom. The molecule has 0 aliphatic rings. The number of aromatic nitrogens is 2. The molecule has 0 aliphatic heterocycles. The fourth-order valence-electron chi connectivity index (χ4n) is 1.27. The van der Waals surface area contributed by atoms with E-state index in [1.807, 2.05) is 12.1 Å². The van der Waals surface area contributed by atoms with Gasteiger partial charge in [0.1, 0.15) is 0 Å². The molecule has 0 bridgehead atoms. The van der Waals surface area contributed by atoms with Gasteiger partial charge in [-0.15, -0.1) is 0 Å². The quantitative estimate of drug-likeness (QED) is 0.678. The topological polar surface area (TPSA) is 83.8 Å². The molecule has 0 saturated heterocycles. The van der Waals surface area contributed by atoms with Gasteiger partial charge in [0.2, 0.25) is 5.91 Å². The Morgan fingerprint density at radius 2 is 2.40 bits per heavy atom. The highest BCUT2D eigenvalue weighted by Crippen LogP contribution is 2.15. The Bertz CT molecular complexity index is 489. The van der Waals surface area contributed by atoms with Crippen LogP contribution in [0.1, 0.15) is 6.92 Å². The van der Waals surface area contributed by atoms with E-state index in [-0.39, 0.29) is 5.91 Å². The number of benzene rings is 1. The molecule has 4 N–H and O–H groups in total. The molecule has 2 rings (SSSR count). The van der Waals surface area contributed by atoms with Crippen LogP contribution in [0, 0.1) is 0 Å². The third-order valence-corrected chi connectivity index (χ3v) is 2.10. The molecule has 1 atom stereocenters. The molecule has 1 heterocycles. The molecule has 2 aromatic rings. The number of nitrogens with zero attached hydrogens (tertiary/aromatic N) is 1. The monoisotopic (exact) mass is 204 g/mol. The van der Waals surface area contributed by atoms with E-state index in [0.717, 1.165) is 11.0 Å². The van der Waals surface area contributed by atoms with Crippen LogP contribution in [0.5, 0.6) is 0 Å². The number of carbonyl (C=O) groups excluding carboxylic acids is 1. The average Bonchev–Trinajstić information content (AvgIpc) is 2.64. The lowest BCUT2D eigenvalue weighted by Gasteiger charge is -2.07. The minimum atomic E-state index is -0.512. The molecule has 0 saturated carbocycles. The summed E-state index contributed by atoms with van der Waals surface area (Å²) in [5, 5.41) is 2.71. The summed E-state index contributed by atoms with van der Waals surface area (Å²) in [4.78, 5) is 18.4. The number of fused-ring (bicyclic) bond motifs is 1. The molecule has 0 aliphatic carbocycles. The van der Waals surface area contributed by atoms with Gasteiger partial charge in [0.15, 0.2) is 0 Å². The first-order valence-electron chi connectivity index (χ1n) is 4.66. The van der Waals surface area contributed by atoms with Gasteiger partial charge in [0.25, 0.3) is 0 Å². The van der Waals surface area contributed by atoms with Crippen molar-refractivity contribution < 1.29 is 4.79 Å². The van der Waals surface area contributed by atoms with Crippen LogP contribution in [0.2, 0.25) is 0 Å². The number of nitrogens with one attached hydrogen (secondary N) is 2. The lowest BCUT2D eigenvalue weighted by molar-refractivity contribution is -0.117. The van der Waals surface area contributed by atoms with Gasteiger partial charge in [0.05, 0.1) is 23.4 Å². The Labute approximate surface area is 86.7 Å². The number of anilines is 1. The Kier molecular flexibility index (Phi) is 2.39. The highest BCUT2D eigenvalue weighted by molar-refractivity contribution is 5.95. The zero-order valence-corrected chi connectivity index (χ0v) is 8.32. The van der Waals surface area contributed by atoms with Crippen LogP contribution in [0.15, 0.2) is 24.5 Å². The van der Waals surface area contributed by atoms with Crippen molar-refractivity contribution in [1.82, 2.24) is 9.97 Å². The third kappa shape index (κ3) is 1.97. The number of imidazole rings is 1. The van der Waals surface area contributed by atoms with Crippen LogP contribution in [-0.4, -0.2) is 21.9 Å². The van der Waals surface area contributed by atoms with Crippen molar-refractivity contribution >= 4 is 22.6 Å². The fraction of sp³-hybridized carbons (Fsp3) is 0.200. The van der Waals surface area contributed by atoms with Crippen molar-refractivity contribution in [2.24, 2.45) is 5.73 Å². The zero-order valence-electron chi connectivity index (χ0n) is 8.32. The van der Waals surface area contributed by atoms with Gasteiger partial charge >= 0.3 is 0 Å². The van der Waals surface area contributed by atoms with Crippen LogP contribution >= 0.6 is 0 Å². The van der Waals surface area contributed by atoms with Gasteiger partial charge in [0, 0.05) is 5.69 Å². The van der Waals surface area contributed by atoms with Gasteiger partial charge in [-0.1, -0.05) is 0 Å². The summed E-state index contributed by atoms with van der Waals surface area (Å²) in [5.74, 6) is -0.200. The van der Waals surface area contributed by atoms with Crippen molar-refractivity contribution in [2.45, 2.75) is 13.0 Å². The molecule has 1 amide bonds. The average molecular weight is 204 g/mol. The predicted molar refractivity (Wildman–Crippen MR) is 58.4 cm³/mol. The van der Waals surface area contributed by atoms with E-state index in [4.69, 9.17) is 5.73 Å². The first kappa shape index (κ1) is 9.67. The zero-order chi connectivity index (χ0) is 10.8. The van der Waals surface area contributed by atoms with Crippen LogP contribution in [0.4, 0.5) is 5.69 Å². The van der Waals surface area contributed by atoms with Crippen molar-refractivity contribution in [3.8, 4) is 0 Å². The maximum absolute atomic E-state index is 11.3. The molecule has 0 fully saturated rings. The van der Waals surface area contributed by atoms with Gasteiger partial charge in [-0.2, -0.15) is 0 Å². The van der Waals surface area contributed by atoms with Gasteiger partial charge in [-0.05, 0) is 25.1 Å². The van der Waals surface area contributed by atoms with Gasteiger partial charge in [-0.25, -0.2) is 4.98 Å². The summed E-state index contributed by atoms with van der Waals surface area (Å²) in [6.45, 7) is 1.64. The molecule has 0 radical (unpaired) electrons. The van der Waals surface area contributed by atoms with E-state index < -0.39 is 6.04 Å². The smallest absolute Gasteiger partial charge is 0.240 e. The molecular formula is C10H12N4O. The van der Waals surface area contributed by atoms with Gasteiger partial charge in [-0.3, -0.25) is 4.79 Å². The number of nitrogens with two attached hydrogens (primary N) is 1. The molecule has 1 aromatic carbocycles. The number of hydrogen-bond donors (Lipinski definition) is 3. The van der Waals surface area contributed by atoms with Crippen molar-refractivity contribution in [3.63, 3.8) is 0 Å². The van der Waals surface area contributed by atoms with Crippen molar-refractivity contribution in [3.05, 3.63) is 24.5 Å². The predicted octanol–water partition coefficient (Wildman–Crippen LogP) is 0.849. The largest absolute Gasteiger partial charge is 0.345 e. The highest BCUT2D eigenvalue weighted by Gasteiger charge is 2.07. The second-order valence-electron chi connectivity index (χ2n) is 3.41. The second-order valence-corrected chi connectivity index (χ2v) is 3.41. The number of amides is 1. The van der Waals surface area contributed by atoms with Gasteiger partial charge < -0.3 is 16.0 Å². The molecular weight excluding hydrogens is 192 g/mol. The molecule has 1 aromatic heterocycles. The highest BCUT2D eigenvalue weighted by atomic mass is 16.2. The molecule has 78 valence electrons. The Morgan fingerprint density at radius 1 is 1.60 bits per heavy atom. The Hall–Kier alpha value is -1.88. The fourth-order valence-corrected chi connectivity index (χ4v) is 1.27. The van der Waals surface area contributed by atoms with Crippen LogP contribution in [0.25, 0.3) is 11.0 Å². The normalized spacial score (nSPS) is 12.7. The van der Waals surface area contributed by atoms with Crippen molar-refractivity contribution in [1.29, 1.82) is 0 Å². The summed E-state index contributed by atoms with van der Waals surface area (Å²) in [6, 6.07) is 4.94. The van der Waals surface area contributed by atoms with E-state index in [2.05, 4.69) is 15.3 Å². The van der Waals surface area contributed by atoms with Crippen LogP contribution < -0.4 is 11.1 Å². The summed E-state index contributed by atoms with van der Waals surface area (Å²) in [6.07, 6.45) is 1.61. The number of H-pyrrole nitrogens is 1. The first-order valence-corrected chi connectivity index (χ1v) is 4.66. The minimum absolute atomic E-state index is 0.200. The summed E-state index contributed by atoms with van der Waals surface area (Å²) < 4.78 is 0. The Balaban J connectivity index is 2.25. The number of rotatable bonds is 2. The SMILES string of the molecule is CC(N)C(=O)Nc1ccc2nc[nH]c2c1.